The number of hydrogen-bond acceptors (Lipinski definition) is 4. The molecule has 0 amide bonds. The zero-order chi connectivity index (χ0) is 10.5. The maximum Gasteiger partial charge on any atom is 0.0593 e. The first-order valence-electron chi connectivity index (χ1n) is 5.36. The van der Waals surface area contributed by atoms with Crippen molar-refractivity contribution in [2.24, 2.45) is 0 Å². The van der Waals surface area contributed by atoms with Crippen molar-refractivity contribution in [2.45, 2.75) is 13.0 Å². The Labute approximate surface area is 101 Å². The van der Waals surface area contributed by atoms with Crippen LogP contribution < -0.4 is 0 Å². The highest BCUT2D eigenvalue weighted by atomic mass is 32.1. The monoisotopic (exact) mass is 243 g/mol. The smallest absolute Gasteiger partial charge is 0.0593 e. The van der Waals surface area contributed by atoms with E-state index in [0.717, 1.165) is 32.1 Å². The van der Waals surface area contributed by atoms with Crippen LogP contribution in [0.15, 0.2) is 11.4 Å². The first-order chi connectivity index (χ1) is 7.40. The summed E-state index contributed by atoms with van der Waals surface area (Å²) >= 11 is 6.00. The lowest BCUT2D eigenvalue weighted by atomic mass is 10.1. The molecular formula is C11H17NOS2. The summed E-state index contributed by atoms with van der Waals surface area (Å²) in [4.78, 5) is 4.04. The molecule has 1 aromatic rings. The molecule has 0 radical (unpaired) electrons. The van der Waals surface area contributed by atoms with Crippen LogP contribution in [0.4, 0.5) is 0 Å². The largest absolute Gasteiger partial charge is 0.379 e. The van der Waals surface area contributed by atoms with Crippen LogP contribution in [0.5, 0.6) is 0 Å². The van der Waals surface area contributed by atoms with Crippen molar-refractivity contribution in [3.8, 4) is 0 Å². The molecule has 2 nitrogen and oxygen atoms in total. The number of hydrogen-bond donors (Lipinski definition) is 1. The van der Waals surface area contributed by atoms with E-state index >= 15 is 0 Å². The van der Waals surface area contributed by atoms with Gasteiger partial charge in [0.15, 0.2) is 0 Å². The Morgan fingerprint density at radius 1 is 1.47 bits per heavy atom. The number of fused-ring (bicyclic) bond motifs is 1. The number of ether oxygens (including phenoxy) is 1. The van der Waals surface area contributed by atoms with Crippen molar-refractivity contribution in [3.63, 3.8) is 0 Å². The van der Waals surface area contributed by atoms with E-state index < -0.39 is 0 Å². The number of nitrogens with zero attached hydrogens (tertiary/aromatic N) is 1. The van der Waals surface area contributed by atoms with Crippen molar-refractivity contribution < 1.29 is 4.74 Å². The van der Waals surface area contributed by atoms with Crippen molar-refractivity contribution in [2.75, 3.05) is 32.1 Å². The Hall–Kier alpha value is -0.0300. The van der Waals surface area contributed by atoms with Crippen LogP contribution in [0.25, 0.3) is 0 Å². The highest BCUT2D eigenvalue weighted by Crippen LogP contribution is 2.23. The van der Waals surface area contributed by atoms with Gasteiger partial charge in [-0.1, -0.05) is 0 Å². The van der Waals surface area contributed by atoms with Gasteiger partial charge in [-0.25, -0.2) is 0 Å². The predicted octanol–water partition coefficient (Wildman–Crippen LogP) is 2.05. The molecule has 2 heterocycles. The number of rotatable bonds is 5. The fraction of sp³-hybridized carbons (Fsp3) is 0.636. The van der Waals surface area contributed by atoms with Crippen LogP contribution in [0.1, 0.15) is 10.4 Å². The van der Waals surface area contributed by atoms with Gasteiger partial charge in [0.25, 0.3) is 0 Å². The summed E-state index contributed by atoms with van der Waals surface area (Å²) in [6.45, 7) is 4.92. The first kappa shape index (κ1) is 11.5. The summed E-state index contributed by atoms with van der Waals surface area (Å²) in [5.41, 5.74) is 1.51. The van der Waals surface area contributed by atoms with Gasteiger partial charge in [-0.05, 0) is 23.4 Å². The molecule has 0 bridgehead atoms. The zero-order valence-electron chi connectivity index (χ0n) is 8.82. The average molecular weight is 243 g/mol. The second-order valence-corrected chi connectivity index (χ2v) is 5.18. The molecule has 0 fully saturated rings. The first-order valence-corrected chi connectivity index (χ1v) is 6.87. The average Bonchev–Trinajstić information content (AvgIpc) is 2.71. The molecule has 1 aromatic heterocycles. The zero-order valence-corrected chi connectivity index (χ0v) is 10.5. The Bertz CT molecular complexity index is 301. The predicted molar refractivity (Wildman–Crippen MR) is 68.0 cm³/mol. The van der Waals surface area contributed by atoms with Crippen LogP contribution >= 0.6 is 24.0 Å². The second kappa shape index (κ2) is 5.89. The van der Waals surface area contributed by atoms with Crippen LogP contribution in [0.3, 0.4) is 0 Å². The maximum absolute atomic E-state index is 5.44. The van der Waals surface area contributed by atoms with Gasteiger partial charge in [-0.3, -0.25) is 4.90 Å². The molecule has 4 heteroatoms. The summed E-state index contributed by atoms with van der Waals surface area (Å²) in [6.07, 6.45) is 1.21. The van der Waals surface area contributed by atoms with Gasteiger partial charge >= 0.3 is 0 Å². The summed E-state index contributed by atoms with van der Waals surface area (Å²) in [5, 5.41) is 2.20. The third kappa shape index (κ3) is 3.21. The molecule has 0 atom stereocenters. The standard InChI is InChI=1S/C11H17NOS2/c14-7-6-13-5-4-12-3-1-11-10(9-12)2-8-15-11/h2,8,14H,1,3-7,9H2. The van der Waals surface area contributed by atoms with Gasteiger partial charge < -0.3 is 4.74 Å². The van der Waals surface area contributed by atoms with Crippen molar-refractivity contribution in [1.82, 2.24) is 4.90 Å². The lowest BCUT2D eigenvalue weighted by Crippen LogP contribution is -2.32. The molecule has 84 valence electrons. The fourth-order valence-corrected chi connectivity index (χ4v) is 2.88. The Kier molecular flexibility index (Phi) is 4.50. The van der Waals surface area contributed by atoms with Crippen LogP contribution in [-0.2, 0) is 17.7 Å². The maximum atomic E-state index is 5.44. The van der Waals surface area contributed by atoms with Gasteiger partial charge in [0.2, 0.25) is 0 Å². The van der Waals surface area contributed by atoms with E-state index in [9.17, 15) is 0 Å². The SMILES string of the molecule is SCCOCCN1CCc2sccc2C1. The minimum absolute atomic E-state index is 0.765. The number of thiol groups is 1. The molecule has 0 spiro atoms. The third-order valence-electron chi connectivity index (χ3n) is 2.67. The van der Waals surface area contributed by atoms with E-state index in [0.29, 0.717) is 0 Å². The molecule has 0 aliphatic carbocycles. The second-order valence-electron chi connectivity index (χ2n) is 3.73. The van der Waals surface area contributed by atoms with Crippen LogP contribution in [0, 0.1) is 0 Å². The van der Waals surface area contributed by atoms with E-state index in [4.69, 9.17) is 4.74 Å². The highest BCUT2D eigenvalue weighted by molar-refractivity contribution is 7.80. The Balaban J connectivity index is 1.73. The molecule has 1 aliphatic rings. The summed E-state index contributed by atoms with van der Waals surface area (Å²) in [7, 11) is 0. The van der Waals surface area contributed by atoms with Gasteiger partial charge in [0.1, 0.15) is 0 Å². The molecule has 1 aliphatic heterocycles. The van der Waals surface area contributed by atoms with Gasteiger partial charge in [-0.15, -0.1) is 11.3 Å². The van der Waals surface area contributed by atoms with E-state index in [1.807, 2.05) is 11.3 Å². The van der Waals surface area contributed by atoms with E-state index in [1.165, 1.54) is 18.5 Å². The van der Waals surface area contributed by atoms with Crippen molar-refractivity contribution in [3.05, 3.63) is 21.9 Å². The van der Waals surface area contributed by atoms with Crippen LogP contribution in [-0.4, -0.2) is 37.0 Å². The Morgan fingerprint density at radius 3 is 3.27 bits per heavy atom. The van der Waals surface area contributed by atoms with Crippen molar-refractivity contribution >= 4 is 24.0 Å². The molecule has 0 N–H and O–H groups in total. The summed E-state index contributed by atoms with van der Waals surface area (Å²) < 4.78 is 5.44. The van der Waals surface area contributed by atoms with E-state index in [-0.39, 0.29) is 0 Å². The molecule has 15 heavy (non-hydrogen) atoms. The molecule has 0 aromatic carbocycles. The van der Waals surface area contributed by atoms with Gasteiger partial charge in [0, 0.05) is 30.3 Å². The lowest BCUT2D eigenvalue weighted by Gasteiger charge is -2.26. The summed E-state index contributed by atoms with van der Waals surface area (Å²) in [5.74, 6) is 0.814. The normalized spacial score (nSPS) is 16.6. The van der Waals surface area contributed by atoms with E-state index in [1.54, 1.807) is 4.88 Å². The van der Waals surface area contributed by atoms with Crippen molar-refractivity contribution in [1.29, 1.82) is 0 Å². The molecule has 0 unspecified atom stereocenters. The third-order valence-corrected chi connectivity index (χ3v) is 3.88. The van der Waals surface area contributed by atoms with Crippen LogP contribution in [0.2, 0.25) is 0 Å². The summed E-state index contributed by atoms with van der Waals surface area (Å²) in [6, 6.07) is 2.25. The van der Waals surface area contributed by atoms with Gasteiger partial charge in [0.05, 0.1) is 13.2 Å². The topological polar surface area (TPSA) is 12.5 Å². The minimum Gasteiger partial charge on any atom is -0.379 e. The molecular weight excluding hydrogens is 226 g/mol. The van der Waals surface area contributed by atoms with Gasteiger partial charge in [-0.2, -0.15) is 12.6 Å². The Morgan fingerprint density at radius 2 is 2.40 bits per heavy atom. The quantitative estimate of drug-likeness (QED) is 0.628. The molecule has 0 saturated heterocycles. The van der Waals surface area contributed by atoms with E-state index in [2.05, 4.69) is 29.0 Å². The molecule has 2 rings (SSSR count). The highest BCUT2D eigenvalue weighted by Gasteiger charge is 2.16. The minimum atomic E-state index is 0.765. The lowest BCUT2D eigenvalue weighted by molar-refractivity contribution is 0.110. The fourth-order valence-electron chi connectivity index (χ4n) is 1.86. The number of thiophene rings is 1. The molecule has 0 saturated carbocycles.